The summed E-state index contributed by atoms with van der Waals surface area (Å²) in [6.07, 6.45) is 6.08. The van der Waals surface area contributed by atoms with Gasteiger partial charge in [0, 0.05) is 13.1 Å². The van der Waals surface area contributed by atoms with Gasteiger partial charge in [-0.05, 0) is 38.5 Å². The maximum absolute atomic E-state index is 11.7. The van der Waals surface area contributed by atoms with Crippen LogP contribution in [0.1, 0.15) is 46.0 Å². The minimum atomic E-state index is -0.390. The lowest BCUT2D eigenvalue weighted by molar-refractivity contribution is -0.132. The molecule has 1 atom stereocenters. The van der Waals surface area contributed by atoms with Crippen molar-refractivity contribution < 1.29 is 4.79 Å². The minimum absolute atomic E-state index is 0.0663. The number of carbonyl (C=O) groups is 1. The molecule has 88 valence electrons. The molecule has 1 rings (SSSR count). The quantitative estimate of drug-likeness (QED) is 0.684. The van der Waals surface area contributed by atoms with E-state index >= 15 is 0 Å². The van der Waals surface area contributed by atoms with Crippen LogP contribution in [0.2, 0.25) is 0 Å². The van der Waals surface area contributed by atoms with Crippen LogP contribution in [0.3, 0.4) is 0 Å². The van der Waals surface area contributed by atoms with Crippen molar-refractivity contribution in [1.82, 2.24) is 4.90 Å². The van der Waals surface area contributed by atoms with Crippen LogP contribution in [0, 0.1) is 5.92 Å². The molecule has 0 spiro atoms. The van der Waals surface area contributed by atoms with E-state index in [9.17, 15) is 4.79 Å². The summed E-state index contributed by atoms with van der Waals surface area (Å²) in [6.45, 7) is 4.00. The van der Waals surface area contributed by atoms with E-state index in [2.05, 4.69) is 6.92 Å². The lowest BCUT2D eigenvalue weighted by Crippen LogP contribution is -2.42. The highest BCUT2D eigenvalue weighted by molar-refractivity contribution is 6.30. The molecule has 3 heteroatoms. The molecule has 0 bridgehead atoms. The highest BCUT2D eigenvalue weighted by Gasteiger charge is 2.27. The Morgan fingerprint density at radius 2 is 1.93 bits per heavy atom. The van der Waals surface area contributed by atoms with Gasteiger partial charge in [0.1, 0.15) is 5.38 Å². The number of alkyl halides is 1. The van der Waals surface area contributed by atoms with Crippen molar-refractivity contribution in [2.75, 3.05) is 7.05 Å². The normalized spacial score (nSPS) is 28.5. The first-order valence-electron chi connectivity index (χ1n) is 5.97. The predicted molar refractivity (Wildman–Crippen MR) is 64.1 cm³/mol. The Kier molecular flexibility index (Phi) is 4.91. The Morgan fingerprint density at radius 3 is 2.33 bits per heavy atom. The first-order chi connectivity index (χ1) is 7.06. The Balaban J connectivity index is 2.42. The summed E-state index contributed by atoms with van der Waals surface area (Å²) >= 11 is 5.81. The molecule has 0 aromatic rings. The summed E-state index contributed by atoms with van der Waals surface area (Å²) in [4.78, 5) is 13.5. The molecule has 1 aliphatic carbocycles. The van der Waals surface area contributed by atoms with Gasteiger partial charge in [-0.25, -0.2) is 0 Å². The van der Waals surface area contributed by atoms with Crippen molar-refractivity contribution in [1.29, 1.82) is 0 Å². The topological polar surface area (TPSA) is 20.3 Å². The van der Waals surface area contributed by atoms with Crippen LogP contribution < -0.4 is 0 Å². The lowest BCUT2D eigenvalue weighted by Gasteiger charge is -2.35. The summed E-state index contributed by atoms with van der Waals surface area (Å²) < 4.78 is 0. The molecule has 1 amide bonds. The SMILES string of the molecule is CCC1CCC(N(C)C(=O)C(C)Cl)CC1. The van der Waals surface area contributed by atoms with E-state index in [1.807, 2.05) is 11.9 Å². The van der Waals surface area contributed by atoms with Gasteiger partial charge in [0.05, 0.1) is 0 Å². The molecule has 0 radical (unpaired) electrons. The van der Waals surface area contributed by atoms with Gasteiger partial charge < -0.3 is 4.90 Å². The highest BCUT2D eigenvalue weighted by atomic mass is 35.5. The van der Waals surface area contributed by atoms with Crippen molar-refractivity contribution >= 4 is 17.5 Å². The van der Waals surface area contributed by atoms with Gasteiger partial charge in [0.15, 0.2) is 0 Å². The maximum Gasteiger partial charge on any atom is 0.240 e. The molecule has 2 nitrogen and oxygen atoms in total. The van der Waals surface area contributed by atoms with Crippen molar-refractivity contribution in [3.05, 3.63) is 0 Å². The average Bonchev–Trinajstić information content (AvgIpc) is 2.27. The second-order valence-corrected chi connectivity index (χ2v) is 5.30. The molecule has 1 aliphatic rings. The number of hydrogen-bond acceptors (Lipinski definition) is 1. The third kappa shape index (κ3) is 3.37. The third-order valence-electron chi connectivity index (χ3n) is 3.63. The fourth-order valence-corrected chi connectivity index (χ4v) is 2.55. The number of amides is 1. The molecule has 0 aromatic heterocycles. The highest BCUT2D eigenvalue weighted by Crippen LogP contribution is 2.29. The van der Waals surface area contributed by atoms with Crippen molar-refractivity contribution in [2.45, 2.75) is 57.4 Å². The summed E-state index contributed by atoms with van der Waals surface area (Å²) in [5.41, 5.74) is 0. The maximum atomic E-state index is 11.7. The monoisotopic (exact) mass is 231 g/mol. The molecule has 1 unspecified atom stereocenters. The lowest BCUT2D eigenvalue weighted by atomic mass is 9.84. The van der Waals surface area contributed by atoms with Crippen LogP contribution in [0.15, 0.2) is 0 Å². The fraction of sp³-hybridized carbons (Fsp3) is 0.917. The van der Waals surface area contributed by atoms with E-state index < -0.39 is 0 Å². The molecule has 1 fully saturated rings. The minimum Gasteiger partial charge on any atom is -0.342 e. The fourth-order valence-electron chi connectivity index (χ4n) is 2.40. The van der Waals surface area contributed by atoms with Crippen LogP contribution >= 0.6 is 11.6 Å². The Morgan fingerprint density at radius 1 is 1.40 bits per heavy atom. The van der Waals surface area contributed by atoms with E-state index in [-0.39, 0.29) is 11.3 Å². The van der Waals surface area contributed by atoms with Crippen LogP contribution in [0.5, 0.6) is 0 Å². The number of carbonyl (C=O) groups excluding carboxylic acids is 1. The van der Waals surface area contributed by atoms with Crippen LogP contribution in [0.4, 0.5) is 0 Å². The van der Waals surface area contributed by atoms with Crippen LogP contribution in [-0.4, -0.2) is 29.3 Å². The first-order valence-corrected chi connectivity index (χ1v) is 6.40. The zero-order valence-electron chi connectivity index (χ0n) is 10.0. The second kappa shape index (κ2) is 5.74. The van der Waals surface area contributed by atoms with Gasteiger partial charge in [0.25, 0.3) is 0 Å². The third-order valence-corrected chi connectivity index (χ3v) is 3.82. The summed E-state index contributed by atoms with van der Waals surface area (Å²) in [6, 6.07) is 0.418. The van der Waals surface area contributed by atoms with Crippen LogP contribution in [-0.2, 0) is 4.79 Å². The Hall–Kier alpha value is -0.240. The first kappa shape index (κ1) is 12.8. The molecule has 0 heterocycles. The molecular formula is C12H22ClNO. The van der Waals surface area contributed by atoms with E-state index in [1.165, 1.54) is 19.3 Å². The number of rotatable bonds is 3. The number of nitrogens with zero attached hydrogens (tertiary/aromatic N) is 1. The largest absolute Gasteiger partial charge is 0.342 e. The van der Waals surface area contributed by atoms with Gasteiger partial charge in [-0.2, -0.15) is 0 Å². The standard InChI is InChI=1S/C12H22ClNO/c1-4-10-5-7-11(8-6-10)14(3)12(15)9(2)13/h9-11H,4-8H2,1-3H3. The summed E-state index contributed by atoms with van der Waals surface area (Å²) in [7, 11) is 1.89. The van der Waals surface area contributed by atoms with Gasteiger partial charge in [0.2, 0.25) is 5.91 Å². The second-order valence-electron chi connectivity index (χ2n) is 4.65. The number of halogens is 1. The summed E-state index contributed by atoms with van der Waals surface area (Å²) in [5.74, 6) is 0.940. The van der Waals surface area contributed by atoms with Crippen molar-refractivity contribution in [2.24, 2.45) is 5.92 Å². The van der Waals surface area contributed by atoms with E-state index in [1.54, 1.807) is 6.92 Å². The van der Waals surface area contributed by atoms with E-state index in [4.69, 9.17) is 11.6 Å². The van der Waals surface area contributed by atoms with Crippen LogP contribution in [0.25, 0.3) is 0 Å². The molecule has 0 aromatic carbocycles. The van der Waals surface area contributed by atoms with E-state index in [0.717, 1.165) is 18.8 Å². The molecule has 0 N–H and O–H groups in total. The smallest absolute Gasteiger partial charge is 0.240 e. The van der Waals surface area contributed by atoms with Gasteiger partial charge in [-0.15, -0.1) is 11.6 Å². The summed E-state index contributed by atoms with van der Waals surface area (Å²) in [5, 5.41) is -0.390. The zero-order chi connectivity index (χ0) is 11.4. The van der Waals surface area contributed by atoms with E-state index in [0.29, 0.717) is 6.04 Å². The molecule has 0 saturated heterocycles. The van der Waals surface area contributed by atoms with Crippen molar-refractivity contribution in [3.8, 4) is 0 Å². The van der Waals surface area contributed by atoms with Gasteiger partial charge in [-0.1, -0.05) is 13.3 Å². The predicted octanol–water partition coefficient (Wildman–Crippen LogP) is 3.04. The average molecular weight is 232 g/mol. The Bertz CT molecular complexity index is 210. The molecule has 0 aliphatic heterocycles. The zero-order valence-corrected chi connectivity index (χ0v) is 10.8. The molecule has 15 heavy (non-hydrogen) atoms. The number of hydrogen-bond donors (Lipinski definition) is 0. The van der Waals surface area contributed by atoms with Gasteiger partial charge >= 0.3 is 0 Å². The molecule has 1 saturated carbocycles. The van der Waals surface area contributed by atoms with Gasteiger partial charge in [-0.3, -0.25) is 4.79 Å². The van der Waals surface area contributed by atoms with Crippen molar-refractivity contribution in [3.63, 3.8) is 0 Å². The molecular weight excluding hydrogens is 210 g/mol. The Labute approximate surface area is 98.0 Å².